The Bertz CT molecular complexity index is 613. The number of hydrazine groups is 1. The molecule has 1 atom stereocenters. The van der Waals surface area contributed by atoms with Crippen LogP contribution >= 0.6 is 0 Å². The molecule has 0 bridgehead atoms. The van der Waals surface area contributed by atoms with Gasteiger partial charge in [0.05, 0.1) is 12.1 Å². The number of hydrogen-bond acceptors (Lipinski definition) is 3. The Balaban J connectivity index is 2.37. The van der Waals surface area contributed by atoms with E-state index in [2.05, 4.69) is 5.43 Å². The van der Waals surface area contributed by atoms with Crippen LogP contribution in [0.4, 0.5) is 4.39 Å². The first-order valence-electron chi connectivity index (χ1n) is 7.00. The number of aryl methyl sites for hydroxylation is 1. The zero-order valence-electron chi connectivity index (χ0n) is 12.6. The number of hydrogen-bond donors (Lipinski definition) is 2. The van der Waals surface area contributed by atoms with Crippen LogP contribution in [-0.2, 0) is 0 Å². The second-order valence-corrected chi connectivity index (χ2v) is 5.36. The molecule has 0 fully saturated rings. The van der Waals surface area contributed by atoms with Crippen LogP contribution < -0.4 is 16.0 Å². The van der Waals surface area contributed by atoms with E-state index < -0.39 is 6.04 Å². The molecule has 0 aliphatic heterocycles. The Kier molecular flexibility index (Phi) is 4.94. The summed E-state index contributed by atoms with van der Waals surface area (Å²) in [7, 11) is 0. The summed E-state index contributed by atoms with van der Waals surface area (Å²) in [6.45, 7) is 5.78. The highest BCUT2D eigenvalue weighted by Gasteiger charge is 2.17. The van der Waals surface area contributed by atoms with Gasteiger partial charge in [-0.05, 0) is 50.1 Å². The number of halogens is 1. The Morgan fingerprint density at radius 1 is 1.14 bits per heavy atom. The van der Waals surface area contributed by atoms with E-state index in [0.717, 1.165) is 16.9 Å². The van der Waals surface area contributed by atoms with Crippen molar-refractivity contribution in [2.24, 2.45) is 5.84 Å². The lowest BCUT2D eigenvalue weighted by atomic mass is 9.97. The van der Waals surface area contributed by atoms with Crippen LogP contribution in [0.3, 0.4) is 0 Å². The molecule has 4 heteroatoms. The van der Waals surface area contributed by atoms with Crippen molar-refractivity contribution in [3.8, 4) is 5.75 Å². The maximum atomic E-state index is 14.2. The molecular formula is C17H21FN2O. The quantitative estimate of drug-likeness (QED) is 0.654. The van der Waals surface area contributed by atoms with E-state index in [1.807, 2.05) is 51.1 Å². The minimum atomic E-state index is -0.415. The summed E-state index contributed by atoms with van der Waals surface area (Å²) in [5.74, 6) is 6.11. The van der Waals surface area contributed by atoms with Crippen LogP contribution in [0.1, 0.15) is 36.6 Å². The van der Waals surface area contributed by atoms with Crippen molar-refractivity contribution >= 4 is 0 Å². The van der Waals surface area contributed by atoms with E-state index in [0.29, 0.717) is 5.56 Å². The highest BCUT2D eigenvalue weighted by atomic mass is 19.1. The Morgan fingerprint density at radius 2 is 1.90 bits per heavy atom. The van der Waals surface area contributed by atoms with Crippen molar-refractivity contribution in [1.29, 1.82) is 0 Å². The highest BCUT2D eigenvalue weighted by molar-refractivity contribution is 5.38. The number of rotatable bonds is 5. The lowest BCUT2D eigenvalue weighted by molar-refractivity contribution is 0.242. The largest absolute Gasteiger partial charge is 0.491 e. The first-order valence-corrected chi connectivity index (χ1v) is 7.00. The minimum absolute atomic E-state index is 0.0839. The lowest BCUT2D eigenvalue weighted by Gasteiger charge is -2.19. The molecule has 0 saturated carbocycles. The molecule has 0 aliphatic carbocycles. The summed E-state index contributed by atoms with van der Waals surface area (Å²) < 4.78 is 19.8. The molecule has 1 unspecified atom stereocenters. The second kappa shape index (κ2) is 6.70. The van der Waals surface area contributed by atoms with Gasteiger partial charge in [-0.25, -0.2) is 9.82 Å². The van der Waals surface area contributed by atoms with Crippen LogP contribution in [0, 0.1) is 12.7 Å². The van der Waals surface area contributed by atoms with E-state index in [9.17, 15) is 4.39 Å². The standard InChI is InChI=1S/C17H21FN2O/c1-11(2)21-14-6-4-5-13(10-14)17(20-19)15-8-7-12(3)9-16(15)18/h4-11,17,20H,19H2,1-3H3. The molecular weight excluding hydrogens is 267 g/mol. The van der Waals surface area contributed by atoms with Gasteiger partial charge >= 0.3 is 0 Å². The molecule has 0 heterocycles. The van der Waals surface area contributed by atoms with Crippen molar-refractivity contribution in [3.63, 3.8) is 0 Å². The van der Waals surface area contributed by atoms with E-state index in [-0.39, 0.29) is 11.9 Å². The SMILES string of the molecule is Cc1ccc(C(NN)c2cccc(OC(C)C)c2)c(F)c1. The van der Waals surface area contributed by atoms with Gasteiger partial charge in [0.2, 0.25) is 0 Å². The van der Waals surface area contributed by atoms with Gasteiger partial charge in [0.1, 0.15) is 11.6 Å². The van der Waals surface area contributed by atoms with Crippen molar-refractivity contribution in [2.75, 3.05) is 0 Å². The second-order valence-electron chi connectivity index (χ2n) is 5.36. The van der Waals surface area contributed by atoms with Gasteiger partial charge in [-0.3, -0.25) is 5.84 Å². The van der Waals surface area contributed by atoms with Gasteiger partial charge in [-0.1, -0.05) is 24.3 Å². The zero-order valence-corrected chi connectivity index (χ0v) is 12.6. The summed E-state index contributed by atoms with van der Waals surface area (Å²) >= 11 is 0. The van der Waals surface area contributed by atoms with E-state index >= 15 is 0 Å². The molecule has 2 aromatic rings. The van der Waals surface area contributed by atoms with Gasteiger partial charge in [0.25, 0.3) is 0 Å². The van der Waals surface area contributed by atoms with Crippen molar-refractivity contribution in [1.82, 2.24) is 5.43 Å². The summed E-state index contributed by atoms with van der Waals surface area (Å²) in [4.78, 5) is 0. The molecule has 0 saturated heterocycles. The smallest absolute Gasteiger partial charge is 0.128 e. The predicted octanol–water partition coefficient (Wildman–Crippen LogP) is 3.47. The number of ether oxygens (including phenoxy) is 1. The molecule has 0 radical (unpaired) electrons. The van der Waals surface area contributed by atoms with Crippen LogP contribution in [0.5, 0.6) is 5.75 Å². The number of benzene rings is 2. The lowest BCUT2D eigenvalue weighted by Crippen LogP contribution is -2.29. The fourth-order valence-corrected chi connectivity index (χ4v) is 2.27. The van der Waals surface area contributed by atoms with Crippen LogP contribution in [0.2, 0.25) is 0 Å². The molecule has 2 rings (SSSR count). The highest BCUT2D eigenvalue weighted by Crippen LogP contribution is 2.27. The zero-order chi connectivity index (χ0) is 15.4. The maximum Gasteiger partial charge on any atom is 0.128 e. The molecule has 112 valence electrons. The fraction of sp³-hybridized carbons (Fsp3) is 0.294. The Hall–Kier alpha value is -1.91. The average Bonchev–Trinajstić information content (AvgIpc) is 2.41. The van der Waals surface area contributed by atoms with Gasteiger partial charge in [0, 0.05) is 5.56 Å². The third kappa shape index (κ3) is 3.80. The normalized spacial score (nSPS) is 12.5. The van der Waals surface area contributed by atoms with Crippen LogP contribution in [-0.4, -0.2) is 6.10 Å². The van der Waals surface area contributed by atoms with Gasteiger partial charge < -0.3 is 4.74 Å². The molecule has 0 aromatic heterocycles. The van der Waals surface area contributed by atoms with Gasteiger partial charge in [-0.2, -0.15) is 0 Å². The number of nitrogens with two attached hydrogens (primary N) is 1. The van der Waals surface area contributed by atoms with Crippen LogP contribution in [0.15, 0.2) is 42.5 Å². The summed E-state index contributed by atoms with van der Waals surface area (Å²) in [6.07, 6.45) is 0.0839. The van der Waals surface area contributed by atoms with Gasteiger partial charge in [0.15, 0.2) is 0 Å². The van der Waals surface area contributed by atoms with Gasteiger partial charge in [-0.15, -0.1) is 0 Å². The predicted molar refractivity (Wildman–Crippen MR) is 82.5 cm³/mol. The van der Waals surface area contributed by atoms with Crippen molar-refractivity contribution in [3.05, 3.63) is 65.0 Å². The molecule has 0 spiro atoms. The van der Waals surface area contributed by atoms with E-state index in [1.165, 1.54) is 6.07 Å². The first-order chi connectivity index (χ1) is 10.0. The topological polar surface area (TPSA) is 47.3 Å². The minimum Gasteiger partial charge on any atom is -0.491 e. The first kappa shape index (κ1) is 15.5. The summed E-state index contributed by atoms with van der Waals surface area (Å²) in [5.41, 5.74) is 4.94. The Morgan fingerprint density at radius 3 is 2.52 bits per heavy atom. The summed E-state index contributed by atoms with van der Waals surface area (Å²) in [6, 6.07) is 12.3. The van der Waals surface area contributed by atoms with Crippen LogP contribution in [0.25, 0.3) is 0 Å². The average molecular weight is 288 g/mol. The molecule has 3 N–H and O–H groups in total. The molecule has 21 heavy (non-hydrogen) atoms. The van der Waals surface area contributed by atoms with Crippen molar-refractivity contribution in [2.45, 2.75) is 32.9 Å². The Labute approximate surface area is 124 Å². The fourth-order valence-electron chi connectivity index (χ4n) is 2.27. The summed E-state index contributed by atoms with van der Waals surface area (Å²) in [5, 5.41) is 0. The molecule has 2 aromatic carbocycles. The monoisotopic (exact) mass is 288 g/mol. The van der Waals surface area contributed by atoms with E-state index in [1.54, 1.807) is 6.07 Å². The third-order valence-electron chi connectivity index (χ3n) is 3.20. The van der Waals surface area contributed by atoms with Crippen molar-refractivity contribution < 1.29 is 9.13 Å². The third-order valence-corrected chi connectivity index (χ3v) is 3.20. The molecule has 0 amide bonds. The number of nitrogens with one attached hydrogen (secondary N) is 1. The molecule has 0 aliphatic rings. The maximum absolute atomic E-state index is 14.2. The molecule has 3 nitrogen and oxygen atoms in total. The van der Waals surface area contributed by atoms with E-state index in [4.69, 9.17) is 10.6 Å².